The number of ether oxygens (including phenoxy) is 1. The highest BCUT2D eigenvalue weighted by atomic mass is 32.2. The number of hydrogen-bond donors (Lipinski definition) is 1. The summed E-state index contributed by atoms with van der Waals surface area (Å²) >= 11 is 0. The number of hydrogen-bond acceptors (Lipinski definition) is 4. The predicted molar refractivity (Wildman–Crippen MR) is 96.8 cm³/mol. The molecule has 3 aromatic rings. The van der Waals surface area contributed by atoms with E-state index < -0.39 is 10.0 Å². The van der Waals surface area contributed by atoms with Gasteiger partial charge in [-0.25, -0.2) is 8.42 Å². The maximum atomic E-state index is 11.4. The molecule has 6 heteroatoms. The highest BCUT2D eigenvalue weighted by Crippen LogP contribution is 2.36. The average molecular weight is 342 g/mol. The first-order valence-electron chi connectivity index (χ1n) is 7.55. The van der Waals surface area contributed by atoms with Gasteiger partial charge in [0.25, 0.3) is 0 Å². The summed E-state index contributed by atoms with van der Waals surface area (Å²) < 4.78 is 31.1. The molecule has 0 fully saturated rings. The van der Waals surface area contributed by atoms with Crippen molar-refractivity contribution in [3.63, 3.8) is 0 Å². The number of nitrogens with one attached hydrogen (secondary N) is 1. The molecule has 0 aliphatic heterocycles. The topological polar surface area (TPSA) is 68.3 Å². The Labute approximate surface area is 141 Å². The van der Waals surface area contributed by atoms with Crippen LogP contribution in [-0.4, -0.2) is 26.3 Å². The van der Waals surface area contributed by atoms with Crippen LogP contribution in [0.15, 0.2) is 54.9 Å². The quantitative estimate of drug-likeness (QED) is 0.768. The molecule has 0 amide bonds. The molecule has 0 aliphatic carbocycles. The van der Waals surface area contributed by atoms with Crippen LogP contribution >= 0.6 is 0 Å². The Kier molecular flexibility index (Phi) is 4.40. The fourth-order valence-electron chi connectivity index (χ4n) is 2.63. The Hall–Kier alpha value is -2.60. The first kappa shape index (κ1) is 16.3. The second kappa shape index (κ2) is 6.49. The van der Waals surface area contributed by atoms with Gasteiger partial charge in [-0.05, 0) is 24.4 Å². The SMILES string of the molecule is CCOc1cc(NS(C)(=O)=O)ccc1-c1cncc2ccccc12. The Morgan fingerprint density at radius 2 is 1.88 bits per heavy atom. The molecule has 3 rings (SSSR count). The normalized spacial score (nSPS) is 11.4. The molecular weight excluding hydrogens is 324 g/mol. The first-order valence-corrected chi connectivity index (χ1v) is 9.45. The van der Waals surface area contributed by atoms with Gasteiger partial charge in [0.1, 0.15) is 5.75 Å². The smallest absolute Gasteiger partial charge is 0.229 e. The molecule has 0 bridgehead atoms. The summed E-state index contributed by atoms with van der Waals surface area (Å²) in [5.41, 5.74) is 2.29. The van der Waals surface area contributed by atoms with Crippen molar-refractivity contribution in [2.24, 2.45) is 0 Å². The monoisotopic (exact) mass is 342 g/mol. The second-order valence-corrected chi connectivity index (χ2v) is 7.17. The van der Waals surface area contributed by atoms with E-state index in [1.807, 2.05) is 43.5 Å². The lowest BCUT2D eigenvalue weighted by Crippen LogP contribution is -2.09. The standard InChI is InChI=1S/C18H18N2O3S/c1-3-23-18-10-14(20-24(2,21)22)8-9-16(18)17-12-19-11-13-6-4-5-7-15(13)17/h4-12,20H,3H2,1-2H3. The second-order valence-electron chi connectivity index (χ2n) is 5.43. The third-order valence-corrected chi connectivity index (χ3v) is 4.15. The van der Waals surface area contributed by atoms with Crippen molar-refractivity contribution in [1.29, 1.82) is 0 Å². The van der Waals surface area contributed by atoms with Gasteiger partial charge in [0.15, 0.2) is 0 Å². The molecule has 0 spiro atoms. The molecule has 0 unspecified atom stereocenters. The van der Waals surface area contributed by atoms with Gasteiger partial charge < -0.3 is 4.74 Å². The third kappa shape index (κ3) is 3.49. The van der Waals surface area contributed by atoms with Crippen LogP contribution in [0.3, 0.4) is 0 Å². The van der Waals surface area contributed by atoms with Crippen molar-refractivity contribution in [2.75, 3.05) is 17.6 Å². The number of nitrogens with zero attached hydrogens (tertiary/aromatic N) is 1. The van der Waals surface area contributed by atoms with E-state index in [4.69, 9.17) is 4.74 Å². The van der Waals surface area contributed by atoms with Gasteiger partial charge >= 0.3 is 0 Å². The van der Waals surface area contributed by atoms with Crippen LogP contribution < -0.4 is 9.46 Å². The summed E-state index contributed by atoms with van der Waals surface area (Å²) in [7, 11) is -3.34. The maximum Gasteiger partial charge on any atom is 0.229 e. The van der Waals surface area contributed by atoms with Crippen LogP contribution in [0, 0.1) is 0 Å². The van der Waals surface area contributed by atoms with Crippen LogP contribution in [0.25, 0.3) is 21.9 Å². The largest absolute Gasteiger partial charge is 0.493 e. The number of rotatable bonds is 5. The van der Waals surface area contributed by atoms with Crippen molar-refractivity contribution in [3.05, 3.63) is 54.9 Å². The third-order valence-electron chi connectivity index (χ3n) is 3.54. The van der Waals surface area contributed by atoms with Gasteiger partial charge in [-0.15, -0.1) is 0 Å². The molecule has 24 heavy (non-hydrogen) atoms. The Bertz CT molecular complexity index is 979. The predicted octanol–water partition coefficient (Wildman–Crippen LogP) is 3.67. The summed E-state index contributed by atoms with van der Waals surface area (Å²) in [4.78, 5) is 4.31. The van der Waals surface area contributed by atoms with E-state index in [1.54, 1.807) is 18.3 Å². The van der Waals surface area contributed by atoms with Crippen molar-refractivity contribution in [3.8, 4) is 16.9 Å². The van der Waals surface area contributed by atoms with Crippen LogP contribution in [0.5, 0.6) is 5.75 Å². The lowest BCUT2D eigenvalue weighted by Gasteiger charge is -2.14. The molecular formula is C18H18N2O3S. The van der Waals surface area contributed by atoms with E-state index in [0.29, 0.717) is 18.0 Å². The molecule has 1 N–H and O–H groups in total. The number of pyridine rings is 1. The molecule has 0 atom stereocenters. The van der Waals surface area contributed by atoms with Crippen molar-refractivity contribution in [2.45, 2.75) is 6.92 Å². The fourth-order valence-corrected chi connectivity index (χ4v) is 3.18. The summed E-state index contributed by atoms with van der Waals surface area (Å²) in [6, 6.07) is 13.3. The van der Waals surface area contributed by atoms with Crippen molar-refractivity contribution in [1.82, 2.24) is 4.98 Å². The van der Waals surface area contributed by atoms with E-state index in [9.17, 15) is 8.42 Å². The zero-order chi connectivity index (χ0) is 17.2. The van der Waals surface area contributed by atoms with Gasteiger partial charge in [-0.2, -0.15) is 0 Å². The Morgan fingerprint density at radius 1 is 1.08 bits per heavy atom. The molecule has 0 saturated carbocycles. The van der Waals surface area contributed by atoms with Crippen LogP contribution in [0.1, 0.15) is 6.92 Å². The number of sulfonamides is 1. The minimum Gasteiger partial charge on any atom is -0.493 e. The zero-order valence-electron chi connectivity index (χ0n) is 13.5. The van der Waals surface area contributed by atoms with Gasteiger partial charge in [-0.1, -0.05) is 24.3 Å². The minimum atomic E-state index is -3.34. The number of fused-ring (bicyclic) bond motifs is 1. The molecule has 0 saturated heterocycles. The maximum absolute atomic E-state index is 11.4. The summed E-state index contributed by atoms with van der Waals surface area (Å²) in [5.74, 6) is 0.615. The van der Waals surface area contributed by atoms with Gasteiger partial charge in [-0.3, -0.25) is 9.71 Å². The summed E-state index contributed by atoms with van der Waals surface area (Å²) in [5, 5.41) is 2.10. The van der Waals surface area contributed by atoms with Crippen LogP contribution in [-0.2, 0) is 10.0 Å². The molecule has 5 nitrogen and oxygen atoms in total. The molecule has 124 valence electrons. The molecule has 1 aromatic heterocycles. The van der Waals surface area contributed by atoms with E-state index in [1.165, 1.54) is 0 Å². The minimum absolute atomic E-state index is 0.470. The van der Waals surface area contributed by atoms with Gasteiger partial charge in [0.05, 0.1) is 18.6 Å². The van der Waals surface area contributed by atoms with E-state index in [2.05, 4.69) is 9.71 Å². The number of aromatic nitrogens is 1. The highest BCUT2D eigenvalue weighted by molar-refractivity contribution is 7.92. The van der Waals surface area contributed by atoms with Crippen LogP contribution in [0.2, 0.25) is 0 Å². The lowest BCUT2D eigenvalue weighted by molar-refractivity contribution is 0.342. The van der Waals surface area contributed by atoms with Crippen molar-refractivity contribution < 1.29 is 13.2 Å². The highest BCUT2D eigenvalue weighted by Gasteiger charge is 2.12. The lowest BCUT2D eigenvalue weighted by atomic mass is 10.00. The summed E-state index contributed by atoms with van der Waals surface area (Å²) in [6.07, 6.45) is 4.73. The fraction of sp³-hybridized carbons (Fsp3) is 0.167. The Morgan fingerprint density at radius 3 is 2.62 bits per heavy atom. The van der Waals surface area contributed by atoms with Gasteiger partial charge in [0, 0.05) is 35.0 Å². The molecule has 0 aliphatic rings. The van der Waals surface area contributed by atoms with E-state index in [0.717, 1.165) is 28.2 Å². The van der Waals surface area contributed by atoms with Crippen LogP contribution in [0.4, 0.5) is 5.69 Å². The van der Waals surface area contributed by atoms with E-state index >= 15 is 0 Å². The number of benzene rings is 2. The molecule has 2 aromatic carbocycles. The summed E-state index contributed by atoms with van der Waals surface area (Å²) in [6.45, 7) is 2.37. The Balaban J connectivity index is 2.16. The first-order chi connectivity index (χ1) is 11.5. The molecule has 1 heterocycles. The van der Waals surface area contributed by atoms with Gasteiger partial charge in [0.2, 0.25) is 10.0 Å². The zero-order valence-corrected chi connectivity index (χ0v) is 14.3. The van der Waals surface area contributed by atoms with Crippen molar-refractivity contribution >= 4 is 26.5 Å². The number of anilines is 1. The molecule has 0 radical (unpaired) electrons. The van der Waals surface area contributed by atoms with E-state index in [-0.39, 0.29) is 0 Å². The average Bonchev–Trinajstić information content (AvgIpc) is 2.54.